The normalized spacial score (nSPS) is 12.8. The molecule has 1 atom stereocenters. The molecule has 0 radical (unpaired) electrons. The van der Waals surface area contributed by atoms with Gasteiger partial charge in [-0.15, -0.1) is 0 Å². The van der Waals surface area contributed by atoms with Crippen molar-refractivity contribution >= 4 is 33.1 Å². The second-order valence-corrected chi connectivity index (χ2v) is 7.46. The number of nitro benzene ring substituents is 1. The molecule has 1 aromatic heterocycles. The van der Waals surface area contributed by atoms with E-state index in [1.54, 1.807) is 6.07 Å². The largest absolute Gasteiger partial charge is 0.291 e. The number of H-pyrrole nitrogens is 1. The van der Waals surface area contributed by atoms with Crippen LogP contribution in [0.1, 0.15) is 38.3 Å². The summed E-state index contributed by atoms with van der Waals surface area (Å²) in [5.41, 5.74) is 0.199. The maximum atomic E-state index is 12.4. The summed E-state index contributed by atoms with van der Waals surface area (Å²) in [6.45, 7) is 4.05. The molecule has 2 rings (SSSR count). The molecular formula is C14H17ClN4O4S. The van der Waals surface area contributed by atoms with Crippen molar-refractivity contribution in [3.8, 4) is 0 Å². The molecular weight excluding hydrogens is 356 g/mol. The molecule has 0 fully saturated rings. The van der Waals surface area contributed by atoms with Gasteiger partial charge in [0.05, 0.1) is 4.92 Å². The summed E-state index contributed by atoms with van der Waals surface area (Å²) in [6.07, 6.45) is 1.91. The van der Waals surface area contributed by atoms with E-state index in [-0.39, 0.29) is 16.8 Å². The van der Waals surface area contributed by atoms with Gasteiger partial charge in [0.2, 0.25) is 0 Å². The number of nitrogens with one attached hydrogen (secondary N) is 2. The van der Waals surface area contributed by atoms with Gasteiger partial charge in [-0.2, -0.15) is 5.10 Å². The lowest BCUT2D eigenvalue weighted by Crippen LogP contribution is -2.15. The monoisotopic (exact) mass is 372 g/mol. The van der Waals surface area contributed by atoms with E-state index in [2.05, 4.69) is 21.8 Å². The molecule has 0 saturated carbocycles. The first-order valence-corrected chi connectivity index (χ1v) is 9.12. The van der Waals surface area contributed by atoms with Crippen molar-refractivity contribution in [1.29, 1.82) is 0 Å². The Morgan fingerprint density at radius 1 is 1.42 bits per heavy atom. The first-order chi connectivity index (χ1) is 11.2. The number of nitrogens with zero attached hydrogens (tertiary/aromatic N) is 2. The zero-order chi connectivity index (χ0) is 17.9. The molecule has 2 N–H and O–H groups in total. The highest BCUT2D eigenvalue weighted by atomic mass is 35.5. The highest BCUT2D eigenvalue weighted by Gasteiger charge is 2.27. The maximum Gasteiger partial charge on any atom is 0.291 e. The third-order valence-electron chi connectivity index (χ3n) is 3.50. The topological polar surface area (TPSA) is 118 Å². The van der Waals surface area contributed by atoms with E-state index in [4.69, 9.17) is 11.6 Å². The van der Waals surface area contributed by atoms with Crippen LogP contribution in [0.2, 0.25) is 5.02 Å². The van der Waals surface area contributed by atoms with Crippen molar-refractivity contribution in [3.63, 3.8) is 0 Å². The van der Waals surface area contributed by atoms with E-state index in [0.717, 1.165) is 30.7 Å². The summed E-state index contributed by atoms with van der Waals surface area (Å²) in [5.74, 6) is 0.280. The van der Waals surface area contributed by atoms with Gasteiger partial charge < -0.3 is 0 Å². The third kappa shape index (κ3) is 4.04. The van der Waals surface area contributed by atoms with Crippen molar-refractivity contribution in [2.75, 3.05) is 4.72 Å². The molecule has 8 nitrogen and oxygen atoms in total. The Morgan fingerprint density at radius 3 is 2.75 bits per heavy atom. The van der Waals surface area contributed by atoms with Gasteiger partial charge in [0.15, 0.2) is 10.7 Å². The van der Waals surface area contributed by atoms with Crippen LogP contribution in [-0.4, -0.2) is 23.5 Å². The Morgan fingerprint density at radius 2 is 2.12 bits per heavy atom. The van der Waals surface area contributed by atoms with Gasteiger partial charge in [-0.3, -0.25) is 19.9 Å². The average Bonchev–Trinajstić information content (AvgIpc) is 2.95. The van der Waals surface area contributed by atoms with Crippen molar-refractivity contribution in [1.82, 2.24) is 10.2 Å². The Hall–Kier alpha value is -2.13. The molecule has 0 aliphatic heterocycles. The van der Waals surface area contributed by atoms with Gasteiger partial charge in [-0.25, -0.2) is 8.42 Å². The van der Waals surface area contributed by atoms with Crippen LogP contribution in [-0.2, 0) is 10.0 Å². The van der Waals surface area contributed by atoms with Crippen LogP contribution in [0.15, 0.2) is 29.2 Å². The summed E-state index contributed by atoms with van der Waals surface area (Å²) in [4.78, 5) is 9.81. The number of hydrogen-bond acceptors (Lipinski definition) is 5. The molecule has 2 aromatic rings. The predicted molar refractivity (Wildman–Crippen MR) is 90.8 cm³/mol. The van der Waals surface area contributed by atoms with E-state index < -0.39 is 25.5 Å². The summed E-state index contributed by atoms with van der Waals surface area (Å²) in [6, 6.07) is 4.95. The molecule has 130 valence electrons. The SMILES string of the molecule is CCCC(C)c1cc(NS(=O)(=O)c2ccc(Cl)cc2[N+](=O)[O-])n[nH]1. The zero-order valence-corrected chi connectivity index (χ0v) is 14.7. The molecule has 10 heteroatoms. The Bertz CT molecular complexity index is 850. The van der Waals surface area contributed by atoms with Crippen LogP contribution in [0.25, 0.3) is 0 Å². The molecule has 24 heavy (non-hydrogen) atoms. The highest BCUT2D eigenvalue weighted by Crippen LogP contribution is 2.29. The van der Waals surface area contributed by atoms with Crippen molar-refractivity contribution in [2.45, 2.75) is 37.5 Å². The minimum atomic E-state index is -4.16. The Kier molecular flexibility index (Phi) is 5.45. The predicted octanol–water partition coefficient (Wildman–Crippen LogP) is 3.68. The second-order valence-electron chi connectivity index (χ2n) is 5.37. The number of rotatable bonds is 7. The van der Waals surface area contributed by atoms with Crippen molar-refractivity contribution in [2.24, 2.45) is 0 Å². The third-order valence-corrected chi connectivity index (χ3v) is 5.13. The van der Waals surface area contributed by atoms with E-state index >= 15 is 0 Å². The minimum absolute atomic E-state index is 0.0797. The number of aromatic amines is 1. The van der Waals surface area contributed by atoms with Crippen LogP contribution >= 0.6 is 11.6 Å². The Labute approximate surface area is 144 Å². The first-order valence-electron chi connectivity index (χ1n) is 7.26. The van der Waals surface area contributed by atoms with Crippen LogP contribution in [0.3, 0.4) is 0 Å². The number of benzene rings is 1. The minimum Gasteiger partial charge on any atom is -0.280 e. The van der Waals surface area contributed by atoms with Gasteiger partial charge in [0.25, 0.3) is 15.7 Å². The molecule has 0 aliphatic carbocycles. The lowest BCUT2D eigenvalue weighted by atomic mass is 10.0. The number of hydrogen-bond donors (Lipinski definition) is 2. The summed E-state index contributed by atoms with van der Waals surface area (Å²) in [7, 11) is -4.16. The number of halogens is 1. The van der Waals surface area contributed by atoms with E-state index in [0.29, 0.717) is 0 Å². The Balaban J connectivity index is 2.31. The number of nitro groups is 1. The molecule has 1 heterocycles. The van der Waals surface area contributed by atoms with Crippen molar-refractivity contribution < 1.29 is 13.3 Å². The van der Waals surface area contributed by atoms with Crippen molar-refractivity contribution in [3.05, 3.63) is 45.1 Å². The van der Waals surface area contributed by atoms with Crippen LogP contribution in [0.5, 0.6) is 0 Å². The maximum absolute atomic E-state index is 12.4. The molecule has 0 amide bonds. The van der Waals surface area contributed by atoms with E-state index in [9.17, 15) is 18.5 Å². The molecule has 1 aromatic carbocycles. The number of aromatic nitrogens is 2. The van der Waals surface area contributed by atoms with Crippen LogP contribution in [0, 0.1) is 10.1 Å². The molecule has 0 spiro atoms. The summed E-state index contributed by atoms with van der Waals surface area (Å²) < 4.78 is 27.1. The first kappa shape index (κ1) is 18.2. The average molecular weight is 373 g/mol. The summed E-state index contributed by atoms with van der Waals surface area (Å²) >= 11 is 5.70. The lowest BCUT2D eigenvalue weighted by molar-refractivity contribution is -0.387. The van der Waals surface area contributed by atoms with E-state index in [1.165, 1.54) is 6.07 Å². The zero-order valence-electron chi connectivity index (χ0n) is 13.1. The summed E-state index contributed by atoms with van der Waals surface area (Å²) in [5, 5.41) is 17.8. The molecule has 1 unspecified atom stereocenters. The number of anilines is 1. The number of sulfonamides is 1. The highest BCUT2D eigenvalue weighted by molar-refractivity contribution is 7.92. The molecule has 0 aliphatic rings. The van der Waals surface area contributed by atoms with Gasteiger partial charge in [0.1, 0.15) is 0 Å². The lowest BCUT2D eigenvalue weighted by Gasteiger charge is -2.07. The quantitative estimate of drug-likeness (QED) is 0.567. The van der Waals surface area contributed by atoms with E-state index in [1.807, 2.05) is 6.92 Å². The molecule has 0 saturated heterocycles. The fraction of sp³-hybridized carbons (Fsp3) is 0.357. The van der Waals surface area contributed by atoms with Gasteiger partial charge >= 0.3 is 0 Å². The van der Waals surface area contributed by atoms with Gasteiger partial charge in [-0.1, -0.05) is 31.9 Å². The standard InChI is InChI=1S/C14H17ClN4O4S/c1-3-4-9(2)11-8-14(17-16-11)18-24(22,23)13-6-5-10(15)7-12(13)19(20)21/h5-9H,3-4H2,1-2H3,(H2,16,17,18). The molecule has 0 bridgehead atoms. The van der Waals surface area contributed by atoms with Crippen LogP contribution in [0.4, 0.5) is 11.5 Å². The van der Waals surface area contributed by atoms with Gasteiger partial charge in [-0.05, 0) is 24.5 Å². The second kappa shape index (κ2) is 7.18. The van der Waals surface area contributed by atoms with Gasteiger partial charge in [0, 0.05) is 22.8 Å². The van der Waals surface area contributed by atoms with Crippen LogP contribution < -0.4 is 4.72 Å². The fourth-order valence-electron chi connectivity index (χ4n) is 2.28. The fourth-order valence-corrected chi connectivity index (χ4v) is 3.60. The smallest absolute Gasteiger partial charge is 0.280 e.